The van der Waals surface area contributed by atoms with Gasteiger partial charge in [0.2, 0.25) is 0 Å². The summed E-state index contributed by atoms with van der Waals surface area (Å²) in [4.78, 5) is 10.6. The Kier molecular flexibility index (Phi) is 2.53. The fourth-order valence-corrected chi connectivity index (χ4v) is 1.37. The van der Waals surface area contributed by atoms with Gasteiger partial charge in [0.1, 0.15) is 5.78 Å². The Morgan fingerprint density at radius 2 is 1.90 bits per heavy atom. The van der Waals surface area contributed by atoms with Crippen LogP contribution in [-0.2, 0) is 16.1 Å². The molecule has 1 heterocycles. The average Bonchev–Trinajstić information content (AvgIpc) is 1.88. The molecule has 5 heteroatoms. The second-order valence-electron chi connectivity index (χ2n) is 2.18. The number of nitrogens with zero attached hydrogens (tertiary/aromatic N) is 1. The molecule has 1 rings (SSSR count). The lowest BCUT2D eigenvalue weighted by atomic mass is 10.1. The normalized spacial score (nSPS) is 24.7. The molecular weight excluding hydrogens is 154 g/mol. The van der Waals surface area contributed by atoms with Crippen LogP contribution in [0.2, 0.25) is 0 Å². The average molecular weight is 162 g/mol. The summed E-state index contributed by atoms with van der Waals surface area (Å²) in [6, 6.07) is 0. The van der Waals surface area contributed by atoms with E-state index < -0.39 is 11.3 Å². The Balaban J connectivity index is 2.40. The maximum absolute atomic E-state index is 10.6. The second kappa shape index (κ2) is 3.23. The van der Waals surface area contributed by atoms with Crippen LogP contribution in [0.5, 0.6) is 0 Å². The van der Waals surface area contributed by atoms with E-state index in [2.05, 4.69) is 0 Å². The van der Waals surface area contributed by atoms with Crippen molar-refractivity contribution in [1.29, 1.82) is 0 Å². The fourth-order valence-electron chi connectivity index (χ4n) is 0.885. The van der Waals surface area contributed by atoms with Crippen molar-refractivity contribution in [3.8, 4) is 0 Å². The number of carbonyl (C=O) groups is 1. The van der Waals surface area contributed by atoms with Gasteiger partial charge in [0.25, 0.3) is 0 Å². The molecule has 58 valence electrons. The summed E-state index contributed by atoms with van der Waals surface area (Å²) in [6.07, 6.45) is 0.738. The van der Waals surface area contributed by atoms with Crippen LogP contribution in [0.15, 0.2) is 0 Å². The Morgan fingerprint density at radius 3 is 2.30 bits per heavy atom. The Hall–Kier alpha value is -0.260. The van der Waals surface area contributed by atoms with Gasteiger partial charge in [-0.3, -0.25) is 9.00 Å². The molecule has 0 aromatic heterocycles. The van der Waals surface area contributed by atoms with Gasteiger partial charge in [0.15, 0.2) is 0 Å². The molecule has 0 aromatic rings. The standard InChI is InChI=1S/C5H9NO3S/c7-5-1-3-6(4-2-5)10(8)9/h1-4H2,(H,8,9)/p-1. The quantitative estimate of drug-likeness (QED) is 0.486. The molecule has 0 amide bonds. The maximum atomic E-state index is 10.6. The van der Waals surface area contributed by atoms with Crippen LogP contribution in [0.1, 0.15) is 12.8 Å². The summed E-state index contributed by atoms with van der Waals surface area (Å²) in [7, 11) is 0. The third kappa shape index (κ3) is 1.86. The first-order valence-corrected chi connectivity index (χ1v) is 4.09. The minimum absolute atomic E-state index is 0.154. The summed E-state index contributed by atoms with van der Waals surface area (Å²) in [5.41, 5.74) is 0. The van der Waals surface area contributed by atoms with E-state index in [4.69, 9.17) is 0 Å². The van der Waals surface area contributed by atoms with Gasteiger partial charge in [-0.15, -0.1) is 0 Å². The van der Waals surface area contributed by atoms with Crippen molar-refractivity contribution in [3.63, 3.8) is 0 Å². The Morgan fingerprint density at radius 1 is 1.40 bits per heavy atom. The maximum Gasteiger partial charge on any atom is 0.135 e. The summed E-state index contributed by atoms with van der Waals surface area (Å²) in [5, 5.41) is 0. The topological polar surface area (TPSA) is 60.4 Å². The van der Waals surface area contributed by atoms with Gasteiger partial charge in [-0.1, -0.05) is 0 Å². The van der Waals surface area contributed by atoms with Crippen LogP contribution < -0.4 is 0 Å². The van der Waals surface area contributed by atoms with Crippen LogP contribution in [-0.4, -0.2) is 31.9 Å². The molecule has 0 radical (unpaired) electrons. The van der Waals surface area contributed by atoms with Gasteiger partial charge in [-0.05, 0) is 0 Å². The summed E-state index contributed by atoms with van der Waals surface area (Å²) >= 11 is -2.14. The van der Waals surface area contributed by atoms with Crippen LogP contribution in [0, 0.1) is 0 Å². The van der Waals surface area contributed by atoms with Gasteiger partial charge < -0.3 is 4.55 Å². The van der Waals surface area contributed by atoms with Crippen molar-refractivity contribution >= 4 is 17.0 Å². The highest BCUT2D eigenvalue weighted by Gasteiger charge is 2.15. The molecule has 0 bridgehead atoms. The van der Waals surface area contributed by atoms with Crippen LogP contribution in [0.25, 0.3) is 0 Å². The Labute approximate surface area is 61.6 Å². The lowest BCUT2D eigenvalue weighted by Crippen LogP contribution is -2.34. The summed E-state index contributed by atoms with van der Waals surface area (Å²) in [6.45, 7) is 0.712. The first kappa shape index (κ1) is 7.84. The fraction of sp³-hybridized carbons (Fsp3) is 0.800. The molecule has 0 saturated carbocycles. The van der Waals surface area contributed by atoms with E-state index in [1.807, 2.05) is 0 Å². The summed E-state index contributed by atoms with van der Waals surface area (Å²) in [5.74, 6) is 0.154. The van der Waals surface area contributed by atoms with E-state index >= 15 is 0 Å². The Bertz CT molecular complexity index is 160. The van der Waals surface area contributed by atoms with Crippen LogP contribution in [0.4, 0.5) is 0 Å². The molecule has 1 unspecified atom stereocenters. The third-order valence-electron chi connectivity index (χ3n) is 1.49. The molecule has 1 aliphatic rings. The zero-order chi connectivity index (χ0) is 7.56. The molecule has 0 aliphatic carbocycles. The second-order valence-corrected chi connectivity index (χ2v) is 3.14. The molecule has 1 saturated heterocycles. The van der Waals surface area contributed by atoms with Crippen molar-refractivity contribution in [1.82, 2.24) is 4.31 Å². The van der Waals surface area contributed by atoms with E-state index in [0.717, 1.165) is 0 Å². The molecule has 1 fully saturated rings. The van der Waals surface area contributed by atoms with Gasteiger partial charge in [0, 0.05) is 37.2 Å². The van der Waals surface area contributed by atoms with Gasteiger partial charge in [-0.25, -0.2) is 4.31 Å². The van der Waals surface area contributed by atoms with Crippen molar-refractivity contribution in [2.45, 2.75) is 12.8 Å². The molecule has 1 atom stereocenters. The molecule has 4 nitrogen and oxygen atoms in total. The minimum atomic E-state index is -2.14. The van der Waals surface area contributed by atoms with Crippen molar-refractivity contribution in [3.05, 3.63) is 0 Å². The smallest absolute Gasteiger partial charge is 0.135 e. The van der Waals surface area contributed by atoms with E-state index in [-0.39, 0.29) is 5.78 Å². The van der Waals surface area contributed by atoms with Crippen LogP contribution in [0.3, 0.4) is 0 Å². The van der Waals surface area contributed by atoms with E-state index in [1.165, 1.54) is 4.31 Å². The molecule has 1 aliphatic heterocycles. The third-order valence-corrected chi connectivity index (χ3v) is 2.28. The highest BCUT2D eigenvalue weighted by atomic mass is 32.2. The first-order chi connectivity index (χ1) is 4.70. The highest BCUT2D eigenvalue weighted by molar-refractivity contribution is 7.76. The van der Waals surface area contributed by atoms with E-state index in [0.29, 0.717) is 25.9 Å². The molecule has 0 spiro atoms. The van der Waals surface area contributed by atoms with Gasteiger partial charge in [-0.2, -0.15) is 0 Å². The summed E-state index contributed by atoms with van der Waals surface area (Å²) < 4.78 is 21.8. The van der Waals surface area contributed by atoms with E-state index in [1.54, 1.807) is 0 Å². The molecule has 0 N–H and O–H groups in total. The van der Waals surface area contributed by atoms with Gasteiger partial charge in [0.05, 0.1) is 0 Å². The number of piperidine rings is 1. The largest absolute Gasteiger partial charge is 0.760 e. The monoisotopic (exact) mass is 162 g/mol. The zero-order valence-corrected chi connectivity index (χ0v) is 6.23. The van der Waals surface area contributed by atoms with Crippen molar-refractivity contribution < 1.29 is 13.6 Å². The molecule has 0 aromatic carbocycles. The number of rotatable bonds is 1. The number of hydrogen-bond donors (Lipinski definition) is 0. The van der Waals surface area contributed by atoms with Crippen LogP contribution >= 0.6 is 0 Å². The van der Waals surface area contributed by atoms with Crippen molar-refractivity contribution in [2.24, 2.45) is 0 Å². The number of hydrogen-bond acceptors (Lipinski definition) is 3. The molecular formula is C5H8NO3S-. The predicted octanol–water partition coefficient (Wildman–Crippen LogP) is -0.555. The predicted molar refractivity (Wildman–Crippen MR) is 34.7 cm³/mol. The SMILES string of the molecule is O=C1CCN(S(=O)[O-])CC1. The minimum Gasteiger partial charge on any atom is -0.760 e. The van der Waals surface area contributed by atoms with Gasteiger partial charge >= 0.3 is 0 Å². The number of Topliss-reactive ketones (excluding diaryl/α,β-unsaturated/α-hetero) is 1. The molecule has 10 heavy (non-hydrogen) atoms. The zero-order valence-electron chi connectivity index (χ0n) is 5.41. The first-order valence-electron chi connectivity index (χ1n) is 3.06. The van der Waals surface area contributed by atoms with E-state index in [9.17, 15) is 13.6 Å². The highest BCUT2D eigenvalue weighted by Crippen LogP contribution is 2.05. The van der Waals surface area contributed by atoms with Crippen molar-refractivity contribution in [2.75, 3.05) is 13.1 Å². The number of ketones is 1. The number of carbonyl (C=O) groups excluding carboxylic acids is 1. The lowest BCUT2D eigenvalue weighted by molar-refractivity contribution is -0.120. The lowest BCUT2D eigenvalue weighted by Gasteiger charge is -2.26.